The molecule has 1 saturated heterocycles. The van der Waals surface area contributed by atoms with E-state index >= 15 is 0 Å². The van der Waals surface area contributed by atoms with Crippen LogP contribution in [0.4, 0.5) is 0 Å². The zero-order valence-electron chi connectivity index (χ0n) is 6.68. The Kier molecular flexibility index (Phi) is 2.08. The van der Waals surface area contributed by atoms with Crippen molar-refractivity contribution in [1.82, 2.24) is 5.43 Å². The summed E-state index contributed by atoms with van der Waals surface area (Å²) in [7, 11) is 0. The molecule has 0 bridgehead atoms. The van der Waals surface area contributed by atoms with Crippen LogP contribution in [0.5, 0.6) is 0 Å². The molecule has 62 valence electrons. The zero-order valence-corrected chi connectivity index (χ0v) is 6.68. The van der Waals surface area contributed by atoms with Gasteiger partial charge in [0.25, 0.3) is 0 Å². The first-order chi connectivity index (χ1) is 5.45. The van der Waals surface area contributed by atoms with E-state index < -0.39 is 0 Å². The van der Waals surface area contributed by atoms with Gasteiger partial charge in [0.2, 0.25) is 0 Å². The molecule has 2 rings (SSSR count). The van der Waals surface area contributed by atoms with Gasteiger partial charge in [-0.15, -0.1) is 0 Å². The van der Waals surface area contributed by atoms with Gasteiger partial charge in [-0.2, -0.15) is 5.10 Å². The van der Waals surface area contributed by atoms with Crippen molar-refractivity contribution in [3.05, 3.63) is 0 Å². The van der Waals surface area contributed by atoms with Crippen LogP contribution in [0, 0.1) is 0 Å². The van der Waals surface area contributed by atoms with Crippen molar-refractivity contribution < 1.29 is 4.74 Å². The SMILES string of the molecule is C1COC/C(=N/NC2CC2)C1. The van der Waals surface area contributed by atoms with Crippen LogP contribution in [0.3, 0.4) is 0 Å². The van der Waals surface area contributed by atoms with E-state index in [2.05, 4.69) is 10.5 Å². The summed E-state index contributed by atoms with van der Waals surface area (Å²) in [4.78, 5) is 0. The van der Waals surface area contributed by atoms with E-state index in [0.717, 1.165) is 26.1 Å². The number of nitrogens with one attached hydrogen (secondary N) is 1. The van der Waals surface area contributed by atoms with Gasteiger partial charge < -0.3 is 10.2 Å². The topological polar surface area (TPSA) is 33.6 Å². The first kappa shape index (κ1) is 7.10. The maximum atomic E-state index is 5.26. The average molecular weight is 154 g/mol. The first-order valence-corrected chi connectivity index (χ1v) is 4.34. The number of nitrogens with zero attached hydrogens (tertiary/aromatic N) is 1. The van der Waals surface area contributed by atoms with Crippen molar-refractivity contribution in [3.63, 3.8) is 0 Å². The highest BCUT2D eigenvalue weighted by molar-refractivity contribution is 5.85. The van der Waals surface area contributed by atoms with Gasteiger partial charge in [0.1, 0.15) is 0 Å². The zero-order chi connectivity index (χ0) is 7.52. The Morgan fingerprint density at radius 2 is 2.36 bits per heavy atom. The quantitative estimate of drug-likeness (QED) is 0.600. The predicted molar refractivity (Wildman–Crippen MR) is 43.6 cm³/mol. The Labute approximate surface area is 66.8 Å². The van der Waals surface area contributed by atoms with Gasteiger partial charge in [0.05, 0.1) is 12.3 Å². The molecule has 0 unspecified atom stereocenters. The number of hydrogen-bond acceptors (Lipinski definition) is 3. The summed E-state index contributed by atoms with van der Waals surface area (Å²) >= 11 is 0. The molecule has 0 spiro atoms. The number of hydrogen-bond donors (Lipinski definition) is 1. The summed E-state index contributed by atoms with van der Waals surface area (Å²) in [5.41, 5.74) is 4.32. The van der Waals surface area contributed by atoms with Crippen LogP contribution in [0.2, 0.25) is 0 Å². The molecule has 0 radical (unpaired) electrons. The lowest BCUT2D eigenvalue weighted by atomic mass is 10.2. The fourth-order valence-corrected chi connectivity index (χ4v) is 1.12. The highest BCUT2D eigenvalue weighted by atomic mass is 16.5. The maximum absolute atomic E-state index is 5.26. The van der Waals surface area contributed by atoms with Crippen LogP contribution in [-0.2, 0) is 4.74 Å². The lowest BCUT2D eigenvalue weighted by Gasteiger charge is -2.13. The van der Waals surface area contributed by atoms with Gasteiger partial charge in [-0.3, -0.25) is 0 Å². The summed E-state index contributed by atoms with van der Waals surface area (Å²) < 4.78 is 5.26. The van der Waals surface area contributed by atoms with Gasteiger partial charge in [-0.05, 0) is 25.7 Å². The van der Waals surface area contributed by atoms with E-state index in [1.807, 2.05) is 0 Å². The predicted octanol–water partition coefficient (Wildman–Crippen LogP) is 0.905. The van der Waals surface area contributed by atoms with Gasteiger partial charge >= 0.3 is 0 Å². The van der Waals surface area contributed by atoms with E-state index in [1.165, 1.54) is 18.6 Å². The molecule has 11 heavy (non-hydrogen) atoms. The minimum Gasteiger partial charge on any atom is -0.375 e. The first-order valence-electron chi connectivity index (χ1n) is 4.34. The van der Waals surface area contributed by atoms with Crippen molar-refractivity contribution in [1.29, 1.82) is 0 Å². The average Bonchev–Trinajstić information content (AvgIpc) is 2.86. The molecule has 2 fully saturated rings. The second kappa shape index (κ2) is 3.22. The molecule has 0 atom stereocenters. The van der Waals surface area contributed by atoms with Crippen molar-refractivity contribution in [2.24, 2.45) is 5.10 Å². The Balaban J connectivity index is 1.75. The van der Waals surface area contributed by atoms with Crippen LogP contribution in [-0.4, -0.2) is 25.0 Å². The third kappa shape index (κ3) is 2.19. The number of ether oxygens (including phenoxy) is 1. The Bertz CT molecular complexity index is 155. The molecule has 3 nitrogen and oxygen atoms in total. The molecule has 1 saturated carbocycles. The van der Waals surface area contributed by atoms with Crippen LogP contribution in [0.15, 0.2) is 5.10 Å². The molecule has 0 aromatic heterocycles. The summed E-state index contributed by atoms with van der Waals surface area (Å²) in [6.45, 7) is 1.64. The fraction of sp³-hybridized carbons (Fsp3) is 0.875. The second-order valence-electron chi connectivity index (χ2n) is 3.24. The second-order valence-corrected chi connectivity index (χ2v) is 3.24. The van der Waals surface area contributed by atoms with Gasteiger partial charge in [-0.1, -0.05) is 0 Å². The van der Waals surface area contributed by atoms with Crippen LogP contribution < -0.4 is 5.43 Å². The van der Waals surface area contributed by atoms with E-state index in [0.29, 0.717) is 6.04 Å². The summed E-state index contributed by atoms with van der Waals surface area (Å²) in [6.07, 6.45) is 4.82. The Morgan fingerprint density at radius 3 is 3.00 bits per heavy atom. The summed E-state index contributed by atoms with van der Waals surface area (Å²) in [5, 5.41) is 4.29. The summed E-state index contributed by atoms with van der Waals surface area (Å²) in [5.74, 6) is 0. The lowest BCUT2D eigenvalue weighted by Crippen LogP contribution is -2.21. The molecule has 0 amide bonds. The molecule has 1 aliphatic heterocycles. The third-order valence-corrected chi connectivity index (χ3v) is 2.01. The highest BCUT2D eigenvalue weighted by Gasteiger charge is 2.20. The minimum absolute atomic E-state index is 0.671. The number of hydrazone groups is 1. The Hall–Kier alpha value is -0.570. The molecule has 1 aliphatic carbocycles. The van der Waals surface area contributed by atoms with Crippen molar-refractivity contribution in [2.75, 3.05) is 13.2 Å². The minimum atomic E-state index is 0.671. The van der Waals surface area contributed by atoms with Crippen LogP contribution >= 0.6 is 0 Å². The monoisotopic (exact) mass is 154 g/mol. The van der Waals surface area contributed by atoms with Crippen molar-refractivity contribution in [2.45, 2.75) is 31.7 Å². The third-order valence-electron chi connectivity index (χ3n) is 2.01. The van der Waals surface area contributed by atoms with Gasteiger partial charge in [-0.25, -0.2) is 0 Å². The molecule has 0 aromatic rings. The molecular formula is C8H14N2O. The normalized spacial score (nSPS) is 28.9. The standard InChI is InChI=1S/C8H14N2O/c1-2-8(6-11-5-1)10-9-7-3-4-7/h7,9H,1-6H2/b10-8+. The van der Waals surface area contributed by atoms with Crippen molar-refractivity contribution in [3.8, 4) is 0 Å². The van der Waals surface area contributed by atoms with E-state index in [9.17, 15) is 0 Å². The van der Waals surface area contributed by atoms with E-state index in [-0.39, 0.29) is 0 Å². The fourth-order valence-electron chi connectivity index (χ4n) is 1.12. The molecule has 3 heteroatoms. The highest BCUT2D eigenvalue weighted by Crippen LogP contribution is 2.18. The van der Waals surface area contributed by atoms with Gasteiger partial charge in [0, 0.05) is 12.6 Å². The molecule has 0 aromatic carbocycles. The number of rotatable bonds is 2. The molecule has 1 heterocycles. The van der Waals surface area contributed by atoms with Gasteiger partial charge in [0.15, 0.2) is 0 Å². The molecule has 1 N–H and O–H groups in total. The molecular weight excluding hydrogens is 140 g/mol. The smallest absolute Gasteiger partial charge is 0.0866 e. The van der Waals surface area contributed by atoms with E-state index in [1.54, 1.807) is 0 Å². The largest absolute Gasteiger partial charge is 0.375 e. The summed E-state index contributed by atoms with van der Waals surface area (Å²) in [6, 6.07) is 0.671. The van der Waals surface area contributed by atoms with Crippen LogP contribution in [0.1, 0.15) is 25.7 Å². The lowest BCUT2D eigenvalue weighted by molar-refractivity contribution is 0.154. The Morgan fingerprint density at radius 1 is 1.45 bits per heavy atom. The maximum Gasteiger partial charge on any atom is 0.0866 e. The van der Waals surface area contributed by atoms with E-state index in [4.69, 9.17) is 4.74 Å². The van der Waals surface area contributed by atoms with Crippen molar-refractivity contribution >= 4 is 5.71 Å². The molecule has 2 aliphatic rings. The van der Waals surface area contributed by atoms with Crippen LogP contribution in [0.25, 0.3) is 0 Å².